The van der Waals surface area contributed by atoms with Gasteiger partial charge in [0.1, 0.15) is 11.4 Å². The molecule has 4 nitrogen and oxygen atoms in total. The summed E-state index contributed by atoms with van der Waals surface area (Å²) in [5.41, 5.74) is 6.05. The van der Waals surface area contributed by atoms with Gasteiger partial charge in [0.2, 0.25) is 5.88 Å². The number of hydrogen-bond donors (Lipinski definition) is 2. The molecular formula is C13H21N3O. The molecule has 0 saturated carbocycles. The van der Waals surface area contributed by atoms with Gasteiger partial charge < -0.3 is 15.8 Å². The summed E-state index contributed by atoms with van der Waals surface area (Å²) in [7, 11) is 0. The molecule has 0 saturated heterocycles. The number of nitrogens with one attached hydrogen (secondary N) is 1. The van der Waals surface area contributed by atoms with E-state index in [9.17, 15) is 0 Å². The topological polar surface area (TPSA) is 60.2 Å². The van der Waals surface area contributed by atoms with Crippen molar-refractivity contribution >= 4 is 11.5 Å². The first-order valence-electron chi connectivity index (χ1n) is 5.66. The van der Waals surface area contributed by atoms with Crippen molar-refractivity contribution in [3.8, 4) is 5.88 Å². The van der Waals surface area contributed by atoms with Crippen LogP contribution in [0.25, 0.3) is 0 Å². The molecule has 0 aliphatic heterocycles. The highest BCUT2D eigenvalue weighted by Gasteiger charge is 2.15. The zero-order valence-electron chi connectivity index (χ0n) is 10.9. The van der Waals surface area contributed by atoms with Gasteiger partial charge in [-0.05, 0) is 39.8 Å². The maximum Gasteiger partial charge on any atom is 0.239 e. The van der Waals surface area contributed by atoms with Crippen molar-refractivity contribution in [3.63, 3.8) is 0 Å². The van der Waals surface area contributed by atoms with Gasteiger partial charge in [-0.1, -0.05) is 6.08 Å². The molecule has 0 aliphatic rings. The van der Waals surface area contributed by atoms with Gasteiger partial charge in [-0.2, -0.15) is 4.98 Å². The van der Waals surface area contributed by atoms with Crippen LogP contribution in [0.5, 0.6) is 5.88 Å². The smallest absolute Gasteiger partial charge is 0.239 e. The molecule has 0 bridgehead atoms. The highest BCUT2D eigenvalue weighted by atomic mass is 16.5. The number of rotatable bonds is 4. The third-order valence-corrected chi connectivity index (χ3v) is 2.02. The minimum Gasteiger partial charge on any atom is -0.470 e. The Kier molecular flexibility index (Phi) is 3.99. The van der Waals surface area contributed by atoms with Crippen LogP contribution in [-0.4, -0.2) is 16.6 Å². The molecule has 94 valence electrons. The monoisotopic (exact) mass is 235 g/mol. The number of nitrogen functional groups attached to an aromatic ring is 1. The van der Waals surface area contributed by atoms with Crippen LogP contribution in [-0.2, 0) is 0 Å². The van der Waals surface area contributed by atoms with Crippen molar-refractivity contribution in [2.75, 3.05) is 11.1 Å². The zero-order valence-corrected chi connectivity index (χ0v) is 10.9. The normalized spacial score (nSPS) is 12.9. The Morgan fingerprint density at radius 2 is 2.12 bits per heavy atom. The molecule has 0 spiro atoms. The predicted molar refractivity (Wildman–Crippen MR) is 72.3 cm³/mol. The maximum atomic E-state index is 5.82. The number of nitrogens with two attached hydrogens (primary N) is 1. The van der Waals surface area contributed by atoms with E-state index in [4.69, 9.17) is 10.5 Å². The highest BCUT2D eigenvalue weighted by Crippen LogP contribution is 2.25. The number of nitrogens with zero attached hydrogens (tertiary/aromatic N) is 1. The predicted octanol–water partition coefficient (Wildman–Crippen LogP) is 2.83. The van der Waals surface area contributed by atoms with Crippen LogP contribution < -0.4 is 15.8 Å². The standard InChI is InChI=1S/C13H21N3O/c1-6-9(2)15-11-8-7-10(14)12(16-11)17-13(3,4)5/h6-9H,1,14H2,2-5H3,(H,15,16). The molecular weight excluding hydrogens is 214 g/mol. The average molecular weight is 235 g/mol. The summed E-state index contributed by atoms with van der Waals surface area (Å²) in [6, 6.07) is 3.76. The number of anilines is 2. The minimum atomic E-state index is -0.316. The number of ether oxygens (including phenoxy) is 1. The fourth-order valence-electron chi connectivity index (χ4n) is 1.20. The first kappa shape index (κ1) is 13.4. The van der Waals surface area contributed by atoms with Crippen molar-refractivity contribution < 1.29 is 4.74 Å². The molecule has 1 rings (SSSR count). The molecule has 1 unspecified atom stereocenters. The summed E-state index contributed by atoms with van der Waals surface area (Å²) < 4.78 is 5.69. The van der Waals surface area contributed by atoms with Crippen LogP contribution in [0.2, 0.25) is 0 Å². The van der Waals surface area contributed by atoms with Crippen LogP contribution in [0.4, 0.5) is 11.5 Å². The van der Waals surface area contributed by atoms with E-state index in [1.165, 1.54) is 0 Å². The second-order valence-electron chi connectivity index (χ2n) is 4.97. The Bertz CT molecular complexity index is 396. The fourth-order valence-corrected chi connectivity index (χ4v) is 1.20. The molecule has 0 aromatic carbocycles. The van der Waals surface area contributed by atoms with Gasteiger partial charge in [-0.3, -0.25) is 0 Å². The lowest BCUT2D eigenvalue weighted by atomic mass is 10.2. The summed E-state index contributed by atoms with van der Waals surface area (Å²) in [4.78, 5) is 4.34. The van der Waals surface area contributed by atoms with Crippen molar-refractivity contribution in [2.24, 2.45) is 0 Å². The molecule has 1 heterocycles. The van der Waals surface area contributed by atoms with E-state index < -0.39 is 0 Å². The van der Waals surface area contributed by atoms with Crippen LogP contribution in [0.3, 0.4) is 0 Å². The third-order valence-electron chi connectivity index (χ3n) is 2.02. The largest absolute Gasteiger partial charge is 0.470 e. The molecule has 1 aromatic rings. The Labute approximate surface area is 103 Å². The van der Waals surface area contributed by atoms with E-state index >= 15 is 0 Å². The van der Waals surface area contributed by atoms with Gasteiger partial charge in [-0.25, -0.2) is 0 Å². The van der Waals surface area contributed by atoms with Gasteiger partial charge in [0.25, 0.3) is 0 Å². The number of hydrogen-bond acceptors (Lipinski definition) is 4. The Balaban J connectivity index is 2.90. The molecule has 4 heteroatoms. The second-order valence-corrected chi connectivity index (χ2v) is 4.97. The SMILES string of the molecule is C=CC(C)Nc1ccc(N)c(OC(C)(C)C)n1. The van der Waals surface area contributed by atoms with Crippen LogP contribution >= 0.6 is 0 Å². The zero-order chi connectivity index (χ0) is 13.1. The van der Waals surface area contributed by atoms with E-state index in [1.54, 1.807) is 6.07 Å². The van der Waals surface area contributed by atoms with Crippen LogP contribution in [0, 0.1) is 0 Å². The summed E-state index contributed by atoms with van der Waals surface area (Å²) in [6.45, 7) is 11.6. The van der Waals surface area contributed by atoms with Crippen molar-refractivity contribution in [1.29, 1.82) is 0 Å². The number of pyridine rings is 1. The average Bonchev–Trinajstić information content (AvgIpc) is 2.21. The molecule has 0 aliphatic carbocycles. The molecule has 0 radical (unpaired) electrons. The first-order valence-corrected chi connectivity index (χ1v) is 5.66. The lowest BCUT2D eigenvalue weighted by Crippen LogP contribution is -2.24. The minimum absolute atomic E-state index is 0.147. The van der Waals surface area contributed by atoms with E-state index in [2.05, 4.69) is 16.9 Å². The van der Waals surface area contributed by atoms with E-state index in [1.807, 2.05) is 39.8 Å². The molecule has 3 N–H and O–H groups in total. The van der Waals surface area contributed by atoms with Crippen molar-refractivity contribution in [1.82, 2.24) is 4.98 Å². The highest BCUT2D eigenvalue weighted by molar-refractivity contribution is 5.54. The quantitative estimate of drug-likeness (QED) is 0.788. The summed E-state index contributed by atoms with van der Waals surface area (Å²) >= 11 is 0. The van der Waals surface area contributed by atoms with Crippen LogP contribution in [0.15, 0.2) is 24.8 Å². The second kappa shape index (κ2) is 5.08. The van der Waals surface area contributed by atoms with Crippen molar-refractivity contribution in [2.45, 2.75) is 39.3 Å². The summed E-state index contributed by atoms with van der Waals surface area (Å²) in [5.74, 6) is 1.18. The molecule has 1 aromatic heterocycles. The number of aromatic nitrogens is 1. The fraction of sp³-hybridized carbons (Fsp3) is 0.462. The lowest BCUT2D eigenvalue weighted by Gasteiger charge is -2.22. The molecule has 0 fully saturated rings. The Morgan fingerprint density at radius 3 is 2.65 bits per heavy atom. The summed E-state index contributed by atoms with van der Waals surface area (Å²) in [6.07, 6.45) is 1.81. The third kappa shape index (κ3) is 4.34. The molecule has 1 atom stereocenters. The van der Waals surface area contributed by atoms with Gasteiger partial charge in [0.15, 0.2) is 0 Å². The van der Waals surface area contributed by atoms with Crippen LogP contribution in [0.1, 0.15) is 27.7 Å². The van der Waals surface area contributed by atoms with Crippen molar-refractivity contribution in [3.05, 3.63) is 24.8 Å². The first-order chi connectivity index (χ1) is 7.81. The van der Waals surface area contributed by atoms with Gasteiger partial charge >= 0.3 is 0 Å². The Morgan fingerprint density at radius 1 is 1.47 bits per heavy atom. The van der Waals surface area contributed by atoms with Gasteiger partial charge in [-0.15, -0.1) is 6.58 Å². The maximum absolute atomic E-state index is 5.82. The van der Waals surface area contributed by atoms with E-state index in [0.717, 1.165) is 5.82 Å². The van der Waals surface area contributed by atoms with Gasteiger partial charge in [0, 0.05) is 6.04 Å². The lowest BCUT2D eigenvalue weighted by molar-refractivity contribution is 0.125. The summed E-state index contributed by atoms with van der Waals surface area (Å²) in [5, 5.41) is 3.18. The molecule has 17 heavy (non-hydrogen) atoms. The Hall–Kier alpha value is -1.71. The van der Waals surface area contributed by atoms with E-state index in [-0.39, 0.29) is 11.6 Å². The van der Waals surface area contributed by atoms with E-state index in [0.29, 0.717) is 11.6 Å². The van der Waals surface area contributed by atoms with Gasteiger partial charge in [0.05, 0.1) is 5.69 Å². The molecule has 0 amide bonds.